The molecule has 1 aliphatic rings. The van der Waals surface area contributed by atoms with E-state index in [1.807, 2.05) is 49.4 Å². The fourth-order valence-corrected chi connectivity index (χ4v) is 7.27. The maximum Gasteiger partial charge on any atom is 0.304 e. The molecule has 1 saturated carbocycles. The van der Waals surface area contributed by atoms with Crippen LogP contribution in [0.2, 0.25) is 10.0 Å². The Hall–Kier alpha value is -3.11. The molecule has 0 bridgehead atoms. The van der Waals surface area contributed by atoms with E-state index in [0.29, 0.717) is 26.9 Å². The van der Waals surface area contributed by atoms with E-state index < -0.39 is 28.7 Å². The zero-order chi connectivity index (χ0) is 32.7. The number of rotatable bonds is 12. The minimum Gasteiger partial charge on any atom is -0.352 e. The Bertz CT molecular complexity index is 1570. The van der Waals surface area contributed by atoms with Crippen molar-refractivity contribution in [2.45, 2.75) is 71.0 Å². The molecule has 1 atom stereocenters. The van der Waals surface area contributed by atoms with Crippen molar-refractivity contribution in [3.05, 3.63) is 99.0 Å². The molecule has 1 N–H and O–H groups in total. The molecule has 0 spiro atoms. The van der Waals surface area contributed by atoms with Gasteiger partial charge in [-0.2, -0.15) is 12.7 Å². The Kier molecular flexibility index (Phi) is 11.9. The summed E-state index contributed by atoms with van der Waals surface area (Å²) in [5.74, 6) is -0.854. The smallest absolute Gasteiger partial charge is 0.304 e. The molecule has 0 unspecified atom stereocenters. The van der Waals surface area contributed by atoms with Gasteiger partial charge in [0.15, 0.2) is 0 Å². The summed E-state index contributed by atoms with van der Waals surface area (Å²) in [6, 6.07) is 19.0. The van der Waals surface area contributed by atoms with Crippen LogP contribution >= 0.6 is 23.2 Å². The van der Waals surface area contributed by atoms with Gasteiger partial charge in [0.1, 0.15) is 12.6 Å². The van der Waals surface area contributed by atoms with E-state index >= 15 is 0 Å². The van der Waals surface area contributed by atoms with Gasteiger partial charge in [0.2, 0.25) is 11.8 Å². The van der Waals surface area contributed by atoms with Crippen LogP contribution in [0.5, 0.6) is 0 Å². The molecule has 1 aliphatic carbocycles. The van der Waals surface area contributed by atoms with E-state index in [1.165, 1.54) is 19.0 Å². The minimum absolute atomic E-state index is 0.00550. The van der Waals surface area contributed by atoms with Crippen LogP contribution in [0, 0.1) is 13.8 Å². The topological polar surface area (TPSA) is 90.0 Å². The van der Waals surface area contributed by atoms with Crippen LogP contribution in [0.15, 0.2) is 66.7 Å². The summed E-state index contributed by atoms with van der Waals surface area (Å²) < 4.78 is 29.7. The monoisotopic (exact) mass is 672 g/mol. The van der Waals surface area contributed by atoms with Crippen molar-refractivity contribution in [1.82, 2.24) is 14.5 Å². The minimum atomic E-state index is -4.11. The zero-order valence-corrected chi connectivity index (χ0v) is 28.6. The predicted octanol–water partition coefficient (Wildman–Crippen LogP) is 6.31. The summed E-state index contributed by atoms with van der Waals surface area (Å²) in [5, 5.41) is 3.89. The lowest BCUT2D eigenvalue weighted by Crippen LogP contribution is -2.55. The first kappa shape index (κ1) is 34.8. The number of benzene rings is 3. The third-order valence-electron chi connectivity index (χ3n) is 8.26. The van der Waals surface area contributed by atoms with Gasteiger partial charge in [0, 0.05) is 48.7 Å². The molecule has 242 valence electrons. The third kappa shape index (κ3) is 8.79. The molecule has 3 aromatic rings. The van der Waals surface area contributed by atoms with Gasteiger partial charge in [-0.25, -0.2) is 4.31 Å². The first-order valence-corrected chi connectivity index (χ1v) is 17.4. The highest BCUT2D eigenvalue weighted by Crippen LogP contribution is 2.30. The lowest BCUT2D eigenvalue weighted by molar-refractivity contribution is -0.140. The van der Waals surface area contributed by atoms with Crippen LogP contribution in [-0.2, 0) is 32.8 Å². The molecule has 4 rings (SSSR count). The van der Waals surface area contributed by atoms with Gasteiger partial charge < -0.3 is 10.2 Å². The summed E-state index contributed by atoms with van der Waals surface area (Å²) >= 11 is 13.2. The van der Waals surface area contributed by atoms with E-state index in [-0.39, 0.29) is 24.9 Å². The standard InChI is InChI=1S/C34H42Cl2N4O4S/c1-24-18-19-25(2)31(20-24)40(45(43,44)38(3)4)23-33(41)39(22-28-29(35)16-11-17-30(28)36)32(21-26-12-7-5-8-13-26)34(42)37-27-14-9-6-10-15-27/h5,7-8,11-13,16-20,27,32H,6,9-10,14-15,21-23H2,1-4H3,(H,37,42)/t32-/m1/s1. The summed E-state index contributed by atoms with van der Waals surface area (Å²) in [5.41, 5.74) is 3.26. The molecule has 0 heterocycles. The second-order valence-corrected chi connectivity index (χ2v) is 14.7. The summed E-state index contributed by atoms with van der Waals surface area (Å²) in [7, 11) is -1.26. The van der Waals surface area contributed by atoms with Crippen LogP contribution in [0.1, 0.15) is 54.4 Å². The Morgan fingerprint density at radius 3 is 2.18 bits per heavy atom. The lowest BCUT2D eigenvalue weighted by Gasteiger charge is -2.36. The van der Waals surface area contributed by atoms with Crippen molar-refractivity contribution in [3.63, 3.8) is 0 Å². The van der Waals surface area contributed by atoms with Crippen LogP contribution in [0.4, 0.5) is 5.69 Å². The molecule has 8 nitrogen and oxygen atoms in total. The summed E-state index contributed by atoms with van der Waals surface area (Å²) in [6.45, 7) is 3.04. The highest BCUT2D eigenvalue weighted by atomic mass is 35.5. The second-order valence-electron chi connectivity index (χ2n) is 11.9. The largest absolute Gasteiger partial charge is 0.352 e. The average molecular weight is 674 g/mol. The fraction of sp³-hybridized carbons (Fsp3) is 0.412. The van der Waals surface area contributed by atoms with Gasteiger partial charge in [-0.05, 0) is 61.6 Å². The maximum atomic E-state index is 14.6. The van der Waals surface area contributed by atoms with Gasteiger partial charge in [-0.15, -0.1) is 0 Å². The first-order chi connectivity index (χ1) is 21.4. The number of hydrogen-bond acceptors (Lipinski definition) is 4. The molecule has 3 aromatic carbocycles. The number of nitrogens with one attached hydrogen (secondary N) is 1. The van der Waals surface area contributed by atoms with Crippen LogP contribution < -0.4 is 9.62 Å². The Balaban J connectivity index is 1.81. The first-order valence-electron chi connectivity index (χ1n) is 15.2. The Morgan fingerprint density at radius 2 is 1.56 bits per heavy atom. The average Bonchev–Trinajstić information content (AvgIpc) is 3.01. The normalized spacial score (nSPS) is 14.6. The van der Waals surface area contributed by atoms with Gasteiger partial charge in [-0.1, -0.05) is 91.0 Å². The Labute approximate surface area is 277 Å². The number of amides is 2. The molecule has 0 radical (unpaired) electrons. The molecule has 45 heavy (non-hydrogen) atoms. The molecule has 2 amide bonds. The number of anilines is 1. The molecule has 0 aliphatic heterocycles. The van der Waals surface area contributed by atoms with E-state index in [0.717, 1.165) is 51.8 Å². The van der Waals surface area contributed by atoms with Crippen molar-refractivity contribution in [1.29, 1.82) is 0 Å². The van der Waals surface area contributed by atoms with Crippen molar-refractivity contribution in [2.24, 2.45) is 0 Å². The number of carbonyl (C=O) groups is 2. The van der Waals surface area contributed by atoms with Gasteiger partial charge >= 0.3 is 10.2 Å². The summed E-state index contributed by atoms with van der Waals surface area (Å²) in [4.78, 5) is 30.2. The SMILES string of the molecule is Cc1ccc(C)c(N(CC(=O)N(Cc2c(Cl)cccc2Cl)[C@H](Cc2ccccc2)C(=O)NC2CCCCC2)S(=O)(=O)N(C)C)c1. The highest BCUT2D eigenvalue weighted by molar-refractivity contribution is 7.90. The van der Waals surface area contributed by atoms with Crippen molar-refractivity contribution < 1.29 is 18.0 Å². The molecule has 1 fully saturated rings. The summed E-state index contributed by atoms with van der Waals surface area (Å²) in [6.07, 6.45) is 5.14. The third-order valence-corrected chi connectivity index (χ3v) is 10.8. The predicted molar refractivity (Wildman–Crippen MR) is 182 cm³/mol. The molecule has 11 heteroatoms. The van der Waals surface area contributed by atoms with E-state index in [2.05, 4.69) is 5.32 Å². The van der Waals surface area contributed by atoms with Crippen molar-refractivity contribution >= 4 is 50.9 Å². The maximum absolute atomic E-state index is 14.6. The van der Waals surface area contributed by atoms with Crippen molar-refractivity contribution in [2.75, 3.05) is 24.9 Å². The number of aryl methyl sites for hydroxylation is 2. The Morgan fingerprint density at radius 1 is 0.911 bits per heavy atom. The number of halogens is 2. The number of hydrogen-bond donors (Lipinski definition) is 1. The van der Waals surface area contributed by atoms with Crippen LogP contribution in [0.3, 0.4) is 0 Å². The van der Waals surface area contributed by atoms with Gasteiger partial charge in [0.25, 0.3) is 0 Å². The van der Waals surface area contributed by atoms with Crippen LogP contribution in [0.25, 0.3) is 0 Å². The second kappa shape index (κ2) is 15.5. The van der Waals surface area contributed by atoms with Crippen molar-refractivity contribution in [3.8, 4) is 0 Å². The lowest BCUT2D eigenvalue weighted by atomic mass is 9.94. The van der Waals surface area contributed by atoms with Gasteiger partial charge in [-0.3, -0.25) is 9.59 Å². The molecule has 0 saturated heterocycles. The molecular formula is C34H42Cl2N4O4S. The molecular weight excluding hydrogens is 631 g/mol. The van der Waals surface area contributed by atoms with E-state index in [4.69, 9.17) is 23.2 Å². The fourth-order valence-electron chi connectivity index (χ4n) is 5.64. The molecule has 0 aromatic heterocycles. The van der Waals surface area contributed by atoms with Crippen LogP contribution in [-0.4, -0.2) is 62.2 Å². The number of nitrogens with zero attached hydrogens (tertiary/aromatic N) is 3. The van der Waals surface area contributed by atoms with E-state index in [9.17, 15) is 18.0 Å². The highest BCUT2D eigenvalue weighted by Gasteiger charge is 2.36. The van der Waals surface area contributed by atoms with Gasteiger partial charge in [0.05, 0.1) is 5.69 Å². The quantitative estimate of drug-likeness (QED) is 0.244. The van der Waals surface area contributed by atoms with E-state index in [1.54, 1.807) is 31.2 Å². The zero-order valence-electron chi connectivity index (χ0n) is 26.3. The number of carbonyl (C=O) groups excluding carboxylic acids is 2.